The summed E-state index contributed by atoms with van der Waals surface area (Å²) in [6.45, 7) is 5.61. The van der Waals surface area contributed by atoms with E-state index in [0.717, 1.165) is 5.56 Å². The zero-order valence-electron chi connectivity index (χ0n) is 11.5. The molecule has 0 saturated heterocycles. The van der Waals surface area contributed by atoms with Gasteiger partial charge in [0.25, 0.3) is 0 Å². The third-order valence-corrected chi connectivity index (χ3v) is 2.91. The van der Waals surface area contributed by atoms with E-state index in [1.54, 1.807) is 0 Å². The molecular weight excluding hydrogens is 242 g/mol. The van der Waals surface area contributed by atoms with Crippen molar-refractivity contribution in [1.82, 2.24) is 10.6 Å². The summed E-state index contributed by atoms with van der Waals surface area (Å²) < 4.78 is 0. The summed E-state index contributed by atoms with van der Waals surface area (Å²) >= 11 is 0. The lowest BCUT2D eigenvalue weighted by molar-refractivity contribution is -0.124. The van der Waals surface area contributed by atoms with Gasteiger partial charge in [0.15, 0.2) is 0 Å². The molecule has 0 aliphatic carbocycles. The van der Waals surface area contributed by atoms with Gasteiger partial charge in [-0.1, -0.05) is 44.2 Å². The Morgan fingerprint density at radius 1 is 1.05 bits per heavy atom. The first-order valence-corrected chi connectivity index (χ1v) is 6.33. The maximum Gasteiger partial charge on any atom is 0.312 e. The van der Waals surface area contributed by atoms with Gasteiger partial charge in [0.2, 0.25) is 5.91 Å². The highest BCUT2D eigenvalue weighted by molar-refractivity contribution is 5.87. The number of rotatable bonds is 5. The molecule has 0 saturated carbocycles. The van der Waals surface area contributed by atoms with Gasteiger partial charge in [-0.15, -0.1) is 0 Å². The van der Waals surface area contributed by atoms with Crippen LogP contribution in [0.2, 0.25) is 0 Å². The molecule has 5 nitrogen and oxygen atoms in total. The van der Waals surface area contributed by atoms with Crippen molar-refractivity contribution in [2.45, 2.75) is 32.9 Å². The average Bonchev–Trinajstić information content (AvgIpc) is 2.36. The average molecular weight is 263 g/mol. The molecule has 1 aromatic carbocycles. The zero-order valence-corrected chi connectivity index (χ0v) is 11.5. The molecule has 0 fully saturated rings. The van der Waals surface area contributed by atoms with E-state index in [-0.39, 0.29) is 17.9 Å². The van der Waals surface area contributed by atoms with Crippen molar-refractivity contribution >= 4 is 11.9 Å². The van der Waals surface area contributed by atoms with Crippen LogP contribution in [0.15, 0.2) is 30.3 Å². The number of hydrogen-bond donors (Lipinski definition) is 3. The van der Waals surface area contributed by atoms with Crippen LogP contribution in [-0.2, 0) is 4.79 Å². The molecule has 0 aliphatic rings. The number of benzene rings is 1. The van der Waals surface area contributed by atoms with Crippen molar-refractivity contribution in [2.24, 2.45) is 11.7 Å². The fraction of sp³-hybridized carbons (Fsp3) is 0.429. The van der Waals surface area contributed by atoms with E-state index in [0.29, 0.717) is 0 Å². The molecule has 0 aromatic heterocycles. The number of primary amides is 1. The number of urea groups is 1. The Morgan fingerprint density at radius 2 is 1.63 bits per heavy atom. The van der Waals surface area contributed by atoms with E-state index < -0.39 is 12.1 Å². The summed E-state index contributed by atoms with van der Waals surface area (Å²) in [5.41, 5.74) is 6.09. The zero-order chi connectivity index (χ0) is 14.4. The third kappa shape index (κ3) is 4.62. The number of nitrogens with one attached hydrogen (secondary N) is 2. The SMILES string of the molecule is CC(C)[C@H](NC(N)=O)C(=O)N[C@@H](C)c1ccccc1. The molecule has 0 radical (unpaired) electrons. The standard InChI is InChI=1S/C14H21N3O2/c1-9(2)12(17-14(15)19)13(18)16-10(3)11-7-5-4-6-8-11/h4-10,12H,1-3H3,(H,16,18)(H3,15,17,19)/t10-,12-/m0/s1. The molecule has 2 atom stereocenters. The highest BCUT2D eigenvalue weighted by Crippen LogP contribution is 2.12. The van der Waals surface area contributed by atoms with Crippen LogP contribution in [0.5, 0.6) is 0 Å². The minimum Gasteiger partial charge on any atom is -0.352 e. The Kier molecular flexibility index (Phi) is 5.36. The van der Waals surface area contributed by atoms with Crippen LogP contribution in [0.25, 0.3) is 0 Å². The van der Waals surface area contributed by atoms with E-state index in [4.69, 9.17) is 5.73 Å². The van der Waals surface area contributed by atoms with Crippen molar-refractivity contribution in [2.75, 3.05) is 0 Å². The third-order valence-electron chi connectivity index (χ3n) is 2.91. The van der Waals surface area contributed by atoms with Gasteiger partial charge in [-0.3, -0.25) is 4.79 Å². The van der Waals surface area contributed by atoms with Gasteiger partial charge < -0.3 is 16.4 Å². The normalized spacial score (nSPS) is 13.7. The number of carbonyl (C=O) groups is 2. The molecule has 0 bridgehead atoms. The Bertz CT molecular complexity index is 432. The Labute approximate surface area is 113 Å². The van der Waals surface area contributed by atoms with E-state index >= 15 is 0 Å². The second-order valence-corrected chi connectivity index (χ2v) is 4.87. The predicted octanol–water partition coefficient (Wildman–Crippen LogP) is 1.56. The van der Waals surface area contributed by atoms with Gasteiger partial charge in [0.05, 0.1) is 6.04 Å². The number of hydrogen-bond acceptors (Lipinski definition) is 2. The highest BCUT2D eigenvalue weighted by atomic mass is 16.2. The predicted molar refractivity (Wildman–Crippen MR) is 74.3 cm³/mol. The molecule has 0 aliphatic heterocycles. The van der Waals surface area contributed by atoms with Crippen molar-refractivity contribution in [3.8, 4) is 0 Å². The highest BCUT2D eigenvalue weighted by Gasteiger charge is 2.24. The molecule has 1 rings (SSSR count). The van der Waals surface area contributed by atoms with Crippen molar-refractivity contribution in [3.05, 3.63) is 35.9 Å². The van der Waals surface area contributed by atoms with Crippen molar-refractivity contribution in [3.63, 3.8) is 0 Å². The molecule has 104 valence electrons. The van der Waals surface area contributed by atoms with Crippen molar-refractivity contribution < 1.29 is 9.59 Å². The van der Waals surface area contributed by atoms with Gasteiger partial charge in [-0.05, 0) is 18.4 Å². The lowest BCUT2D eigenvalue weighted by Crippen LogP contribution is -2.51. The summed E-state index contributed by atoms with van der Waals surface area (Å²) in [6.07, 6.45) is 0. The van der Waals surface area contributed by atoms with E-state index in [9.17, 15) is 9.59 Å². The van der Waals surface area contributed by atoms with Gasteiger partial charge in [-0.25, -0.2) is 4.79 Å². The van der Waals surface area contributed by atoms with Crippen molar-refractivity contribution in [1.29, 1.82) is 0 Å². The minimum absolute atomic E-state index is 0.0320. The maximum absolute atomic E-state index is 12.1. The quantitative estimate of drug-likeness (QED) is 0.753. The monoisotopic (exact) mass is 263 g/mol. The number of carbonyl (C=O) groups excluding carboxylic acids is 2. The Hall–Kier alpha value is -2.04. The van der Waals surface area contributed by atoms with Crippen LogP contribution in [0.1, 0.15) is 32.4 Å². The molecule has 19 heavy (non-hydrogen) atoms. The first-order valence-electron chi connectivity index (χ1n) is 6.33. The Balaban J connectivity index is 2.69. The minimum atomic E-state index is -0.693. The lowest BCUT2D eigenvalue weighted by Gasteiger charge is -2.23. The van der Waals surface area contributed by atoms with Crippen LogP contribution >= 0.6 is 0 Å². The first-order chi connectivity index (χ1) is 8.91. The summed E-state index contributed by atoms with van der Waals surface area (Å²) in [5, 5.41) is 5.34. The second kappa shape index (κ2) is 6.78. The summed E-state index contributed by atoms with van der Waals surface area (Å²) in [5.74, 6) is -0.263. The van der Waals surface area contributed by atoms with E-state index in [2.05, 4.69) is 10.6 Å². The Morgan fingerprint density at radius 3 is 2.11 bits per heavy atom. The summed E-state index contributed by atoms with van der Waals surface area (Å²) in [6, 6.07) is 8.20. The fourth-order valence-corrected chi connectivity index (χ4v) is 1.82. The number of amides is 3. The smallest absolute Gasteiger partial charge is 0.312 e. The molecule has 3 amide bonds. The van der Waals surface area contributed by atoms with E-state index in [1.165, 1.54) is 0 Å². The molecule has 0 unspecified atom stereocenters. The maximum atomic E-state index is 12.1. The molecular formula is C14H21N3O2. The second-order valence-electron chi connectivity index (χ2n) is 4.87. The molecule has 5 heteroatoms. The molecule has 4 N–H and O–H groups in total. The van der Waals surface area contributed by atoms with Crippen LogP contribution in [0.4, 0.5) is 4.79 Å². The summed E-state index contributed by atoms with van der Waals surface area (Å²) in [4.78, 5) is 23.0. The van der Waals surface area contributed by atoms with E-state index in [1.807, 2.05) is 51.1 Å². The van der Waals surface area contributed by atoms with Crippen LogP contribution in [-0.4, -0.2) is 18.0 Å². The molecule has 0 spiro atoms. The van der Waals surface area contributed by atoms with Gasteiger partial charge in [0, 0.05) is 0 Å². The molecule has 1 aromatic rings. The summed E-state index contributed by atoms with van der Waals surface area (Å²) in [7, 11) is 0. The largest absolute Gasteiger partial charge is 0.352 e. The fourth-order valence-electron chi connectivity index (χ4n) is 1.82. The van der Waals surface area contributed by atoms with Gasteiger partial charge in [-0.2, -0.15) is 0 Å². The van der Waals surface area contributed by atoms with Gasteiger partial charge in [0.1, 0.15) is 6.04 Å². The van der Waals surface area contributed by atoms with Crippen LogP contribution in [0, 0.1) is 5.92 Å². The number of nitrogens with two attached hydrogens (primary N) is 1. The van der Waals surface area contributed by atoms with Gasteiger partial charge >= 0.3 is 6.03 Å². The molecule has 0 heterocycles. The topological polar surface area (TPSA) is 84.2 Å². The van der Waals surface area contributed by atoms with Crippen LogP contribution < -0.4 is 16.4 Å². The lowest BCUT2D eigenvalue weighted by atomic mass is 10.0. The van der Waals surface area contributed by atoms with Crippen LogP contribution in [0.3, 0.4) is 0 Å². The first kappa shape index (κ1) is 15.0.